The maximum Gasteiger partial charge on any atom is 0.341 e. The molecule has 0 saturated heterocycles. The monoisotopic (exact) mass is 388 g/mol. The highest BCUT2D eigenvalue weighted by atomic mass is 32.1. The Kier molecular flexibility index (Phi) is 7.55. The van der Waals surface area contributed by atoms with Crippen molar-refractivity contribution in [2.45, 2.75) is 40.0 Å². The first-order chi connectivity index (χ1) is 13.0. The van der Waals surface area contributed by atoms with Crippen LogP contribution in [0.5, 0.6) is 0 Å². The van der Waals surface area contributed by atoms with E-state index in [1.807, 2.05) is 25.1 Å². The van der Waals surface area contributed by atoms with Crippen molar-refractivity contribution in [3.63, 3.8) is 0 Å². The molecule has 2 rings (SSSR count). The Morgan fingerprint density at radius 3 is 2.41 bits per heavy atom. The minimum absolute atomic E-state index is 0.182. The molecule has 6 nitrogen and oxygen atoms in total. The lowest BCUT2D eigenvalue weighted by Crippen LogP contribution is -2.14. The van der Waals surface area contributed by atoms with E-state index in [1.165, 1.54) is 0 Å². The van der Waals surface area contributed by atoms with Crippen molar-refractivity contribution in [2.24, 2.45) is 0 Å². The van der Waals surface area contributed by atoms with Gasteiger partial charge in [-0.2, -0.15) is 0 Å². The molecule has 2 aromatic rings. The predicted molar refractivity (Wildman–Crippen MR) is 108 cm³/mol. The van der Waals surface area contributed by atoms with Gasteiger partial charge in [-0.15, -0.1) is 11.3 Å². The van der Waals surface area contributed by atoms with E-state index in [0.29, 0.717) is 27.5 Å². The molecule has 0 spiro atoms. The molecule has 1 aromatic carbocycles. The number of unbranched alkanes of at least 4 members (excludes halogenated alkanes) is 1. The normalized spacial score (nSPS) is 10.3. The number of hydrogen-bond acceptors (Lipinski definition) is 5. The lowest BCUT2D eigenvalue weighted by Gasteiger charge is -2.07. The second kappa shape index (κ2) is 9.87. The molecule has 0 atom stereocenters. The van der Waals surface area contributed by atoms with Gasteiger partial charge in [-0.1, -0.05) is 31.5 Å². The third-order valence-corrected chi connectivity index (χ3v) is 5.08. The fourth-order valence-corrected chi connectivity index (χ4v) is 3.61. The topological polar surface area (TPSA) is 84.5 Å². The maximum absolute atomic E-state index is 12.7. The quantitative estimate of drug-likeness (QED) is 0.647. The van der Waals surface area contributed by atoms with Gasteiger partial charge in [0.05, 0.1) is 17.0 Å². The van der Waals surface area contributed by atoms with Crippen LogP contribution in [0.4, 0.5) is 10.7 Å². The second-order valence-electron chi connectivity index (χ2n) is 5.95. The molecule has 0 saturated carbocycles. The summed E-state index contributed by atoms with van der Waals surface area (Å²) < 4.78 is 5.11. The third-order valence-electron chi connectivity index (χ3n) is 3.87. The molecule has 0 aliphatic heterocycles. The average Bonchev–Trinajstić information content (AvgIpc) is 2.97. The number of carbonyl (C=O) groups excluding carboxylic acids is 3. The molecular weight excluding hydrogens is 364 g/mol. The van der Waals surface area contributed by atoms with E-state index in [0.717, 1.165) is 24.2 Å². The Balaban J connectivity index is 2.32. The van der Waals surface area contributed by atoms with Crippen LogP contribution in [0.2, 0.25) is 0 Å². The summed E-state index contributed by atoms with van der Waals surface area (Å²) in [7, 11) is 0. The van der Waals surface area contributed by atoms with Gasteiger partial charge in [0.25, 0.3) is 5.91 Å². The summed E-state index contributed by atoms with van der Waals surface area (Å²) in [4.78, 5) is 37.5. The molecule has 0 aliphatic carbocycles. The zero-order valence-corrected chi connectivity index (χ0v) is 16.6. The summed E-state index contributed by atoms with van der Waals surface area (Å²) in [5.74, 6) is -1.06. The van der Waals surface area contributed by atoms with E-state index < -0.39 is 5.97 Å². The van der Waals surface area contributed by atoms with Gasteiger partial charge in [-0.25, -0.2) is 4.79 Å². The molecule has 1 heterocycles. The van der Waals surface area contributed by atoms with Gasteiger partial charge >= 0.3 is 5.97 Å². The Hall–Kier alpha value is -2.67. The fraction of sp³-hybridized carbons (Fsp3) is 0.350. The number of para-hydroxylation sites is 1. The Morgan fingerprint density at radius 2 is 1.78 bits per heavy atom. The fourth-order valence-electron chi connectivity index (χ4n) is 2.50. The molecule has 2 amide bonds. The molecule has 0 aliphatic rings. The zero-order chi connectivity index (χ0) is 19.8. The van der Waals surface area contributed by atoms with Crippen LogP contribution in [0.25, 0.3) is 0 Å². The Labute approximate surface area is 162 Å². The molecule has 7 heteroatoms. The van der Waals surface area contributed by atoms with Crippen molar-refractivity contribution < 1.29 is 19.1 Å². The van der Waals surface area contributed by atoms with Crippen LogP contribution < -0.4 is 10.6 Å². The van der Waals surface area contributed by atoms with E-state index in [2.05, 4.69) is 10.6 Å². The van der Waals surface area contributed by atoms with Crippen molar-refractivity contribution in [3.8, 4) is 0 Å². The van der Waals surface area contributed by atoms with E-state index in [9.17, 15) is 14.4 Å². The minimum atomic E-state index is -0.546. The maximum atomic E-state index is 12.7. The van der Waals surface area contributed by atoms with E-state index in [4.69, 9.17) is 4.74 Å². The molecule has 0 radical (unpaired) electrons. The highest BCUT2D eigenvalue weighted by Gasteiger charge is 2.26. The van der Waals surface area contributed by atoms with Crippen LogP contribution in [0, 0.1) is 6.92 Å². The van der Waals surface area contributed by atoms with Crippen LogP contribution in [-0.2, 0) is 9.53 Å². The van der Waals surface area contributed by atoms with Crippen LogP contribution >= 0.6 is 11.3 Å². The van der Waals surface area contributed by atoms with Gasteiger partial charge in [0.1, 0.15) is 5.00 Å². The van der Waals surface area contributed by atoms with E-state index >= 15 is 0 Å². The van der Waals surface area contributed by atoms with Crippen LogP contribution in [0.1, 0.15) is 58.7 Å². The lowest BCUT2D eigenvalue weighted by atomic mass is 10.1. The van der Waals surface area contributed by atoms with Gasteiger partial charge < -0.3 is 15.4 Å². The van der Waals surface area contributed by atoms with E-state index in [1.54, 1.807) is 26.0 Å². The Bertz CT molecular complexity index is 815. The van der Waals surface area contributed by atoms with Crippen molar-refractivity contribution in [1.82, 2.24) is 0 Å². The molecule has 0 unspecified atom stereocenters. The number of amides is 2. The largest absolute Gasteiger partial charge is 0.462 e. The summed E-state index contributed by atoms with van der Waals surface area (Å²) in [6.45, 7) is 5.61. The number of ether oxygens (including phenoxy) is 1. The first kappa shape index (κ1) is 20.6. The van der Waals surface area contributed by atoms with Crippen molar-refractivity contribution in [3.05, 3.63) is 46.3 Å². The molecule has 0 fully saturated rings. The Morgan fingerprint density at radius 1 is 1.07 bits per heavy atom. The van der Waals surface area contributed by atoms with Crippen molar-refractivity contribution >= 4 is 39.8 Å². The highest BCUT2D eigenvalue weighted by molar-refractivity contribution is 7.18. The number of esters is 1. The summed E-state index contributed by atoms with van der Waals surface area (Å²) >= 11 is 1.08. The summed E-state index contributed by atoms with van der Waals surface area (Å²) in [6, 6.07) is 9.05. The standard InChI is InChI=1S/C20H24N2O4S/c1-4-6-12-15(23)22-19-16(20(25)26-5-2)13(3)17(27-19)18(24)21-14-10-8-7-9-11-14/h7-11H,4-6,12H2,1-3H3,(H,21,24)(H,22,23). The van der Waals surface area contributed by atoms with Gasteiger partial charge in [-0.05, 0) is 38.0 Å². The summed E-state index contributed by atoms with van der Waals surface area (Å²) in [5, 5.41) is 5.92. The smallest absolute Gasteiger partial charge is 0.341 e. The predicted octanol–water partition coefficient (Wildman–Crippen LogP) is 4.61. The first-order valence-electron chi connectivity index (χ1n) is 8.94. The van der Waals surface area contributed by atoms with Crippen LogP contribution in [0.3, 0.4) is 0 Å². The summed E-state index contributed by atoms with van der Waals surface area (Å²) in [5.41, 5.74) is 1.39. The number of nitrogens with one attached hydrogen (secondary N) is 2. The minimum Gasteiger partial charge on any atom is -0.462 e. The van der Waals surface area contributed by atoms with E-state index in [-0.39, 0.29) is 24.0 Å². The van der Waals surface area contributed by atoms with Crippen LogP contribution in [-0.4, -0.2) is 24.4 Å². The van der Waals surface area contributed by atoms with Crippen LogP contribution in [0.15, 0.2) is 30.3 Å². The first-order valence-corrected chi connectivity index (χ1v) is 9.76. The molecule has 2 N–H and O–H groups in total. The number of carbonyl (C=O) groups is 3. The molecule has 1 aromatic heterocycles. The molecular formula is C20H24N2O4S. The van der Waals surface area contributed by atoms with Crippen molar-refractivity contribution in [2.75, 3.05) is 17.2 Å². The van der Waals surface area contributed by atoms with Gasteiger partial charge in [0, 0.05) is 12.1 Å². The second-order valence-corrected chi connectivity index (χ2v) is 6.97. The number of anilines is 2. The molecule has 0 bridgehead atoms. The number of thiophene rings is 1. The SMILES string of the molecule is CCCCC(=O)Nc1sc(C(=O)Nc2ccccc2)c(C)c1C(=O)OCC. The number of hydrogen-bond donors (Lipinski definition) is 2. The number of rotatable bonds is 8. The molecule has 144 valence electrons. The van der Waals surface area contributed by atoms with Gasteiger partial charge in [0.2, 0.25) is 5.91 Å². The lowest BCUT2D eigenvalue weighted by molar-refractivity contribution is -0.116. The van der Waals surface area contributed by atoms with Crippen molar-refractivity contribution in [1.29, 1.82) is 0 Å². The summed E-state index contributed by atoms with van der Waals surface area (Å²) in [6.07, 6.45) is 2.01. The van der Waals surface area contributed by atoms with Gasteiger partial charge in [0.15, 0.2) is 0 Å². The number of benzene rings is 1. The highest BCUT2D eigenvalue weighted by Crippen LogP contribution is 2.34. The molecule has 27 heavy (non-hydrogen) atoms. The average molecular weight is 388 g/mol. The third kappa shape index (κ3) is 5.40. The zero-order valence-electron chi connectivity index (χ0n) is 15.8. The van der Waals surface area contributed by atoms with Gasteiger partial charge in [-0.3, -0.25) is 9.59 Å².